The molecule has 0 aliphatic heterocycles. The standard InChI is InChI=1S/C18H21FN2O2/c1-21(2)12-17(14-7-4-3-5-8-14)20-18(22)13-23-16-10-6-9-15(19)11-16/h3-11,17H,12-13H2,1-2H3,(H,20,22)/t17-/m0/s1. The summed E-state index contributed by atoms with van der Waals surface area (Å²) in [7, 11) is 3.90. The van der Waals surface area contributed by atoms with Crippen molar-refractivity contribution in [2.75, 3.05) is 27.2 Å². The van der Waals surface area contributed by atoms with E-state index in [2.05, 4.69) is 5.32 Å². The third kappa shape index (κ3) is 5.71. The van der Waals surface area contributed by atoms with E-state index in [1.807, 2.05) is 49.3 Å². The zero-order chi connectivity index (χ0) is 16.7. The van der Waals surface area contributed by atoms with Crippen molar-refractivity contribution in [2.24, 2.45) is 0 Å². The number of hydrogen-bond donors (Lipinski definition) is 1. The Kier molecular flexibility index (Phi) is 6.11. The number of nitrogens with one attached hydrogen (secondary N) is 1. The largest absolute Gasteiger partial charge is 0.484 e. The highest BCUT2D eigenvalue weighted by molar-refractivity contribution is 5.78. The van der Waals surface area contributed by atoms with E-state index in [4.69, 9.17) is 4.74 Å². The van der Waals surface area contributed by atoms with Crippen molar-refractivity contribution < 1.29 is 13.9 Å². The maximum absolute atomic E-state index is 13.1. The fourth-order valence-corrected chi connectivity index (χ4v) is 2.23. The molecule has 4 nitrogen and oxygen atoms in total. The van der Waals surface area contributed by atoms with Crippen LogP contribution in [0, 0.1) is 5.82 Å². The Morgan fingerprint density at radius 2 is 1.91 bits per heavy atom. The van der Waals surface area contributed by atoms with Gasteiger partial charge in [-0.3, -0.25) is 4.79 Å². The molecule has 0 heterocycles. The molecule has 0 saturated carbocycles. The Bertz CT molecular complexity index is 632. The van der Waals surface area contributed by atoms with Crippen molar-refractivity contribution in [1.82, 2.24) is 10.2 Å². The lowest BCUT2D eigenvalue weighted by Gasteiger charge is -2.23. The van der Waals surface area contributed by atoms with Gasteiger partial charge >= 0.3 is 0 Å². The molecule has 122 valence electrons. The van der Waals surface area contributed by atoms with E-state index in [9.17, 15) is 9.18 Å². The molecule has 1 amide bonds. The van der Waals surface area contributed by atoms with Crippen LogP contribution in [0.2, 0.25) is 0 Å². The van der Waals surface area contributed by atoms with Crippen LogP contribution in [-0.2, 0) is 4.79 Å². The lowest BCUT2D eigenvalue weighted by atomic mass is 10.1. The number of halogens is 1. The molecule has 0 fully saturated rings. The SMILES string of the molecule is CN(C)C[C@H](NC(=O)COc1cccc(F)c1)c1ccccc1. The van der Waals surface area contributed by atoms with E-state index >= 15 is 0 Å². The van der Waals surface area contributed by atoms with Crippen LogP contribution in [0.4, 0.5) is 4.39 Å². The average Bonchev–Trinajstić information content (AvgIpc) is 2.53. The second-order valence-corrected chi connectivity index (χ2v) is 5.54. The molecule has 2 aromatic rings. The van der Waals surface area contributed by atoms with Crippen LogP contribution < -0.4 is 10.1 Å². The zero-order valence-corrected chi connectivity index (χ0v) is 13.3. The van der Waals surface area contributed by atoms with Gasteiger partial charge < -0.3 is 15.0 Å². The molecular weight excluding hydrogens is 295 g/mol. The van der Waals surface area contributed by atoms with Gasteiger partial charge in [0.15, 0.2) is 6.61 Å². The smallest absolute Gasteiger partial charge is 0.258 e. The molecule has 2 aromatic carbocycles. The van der Waals surface area contributed by atoms with Gasteiger partial charge in [-0.2, -0.15) is 0 Å². The van der Waals surface area contributed by atoms with E-state index in [-0.39, 0.29) is 18.6 Å². The predicted molar refractivity (Wildman–Crippen MR) is 87.8 cm³/mol. The van der Waals surface area contributed by atoms with E-state index in [0.29, 0.717) is 12.3 Å². The minimum Gasteiger partial charge on any atom is -0.484 e. The third-order valence-electron chi connectivity index (χ3n) is 3.25. The number of benzene rings is 2. The summed E-state index contributed by atoms with van der Waals surface area (Å²) in [6.07, 6.45) is 0. The van der Waals surface area contributed by atoms with Crippen molar-refractivity contribution in [1.29, 1.82) is 0 Å². The Labute approximate surface area is 135 Å². The molecule has 1 atom stereocenters. The number of rotatable bonds is 7. The lowest BCUT2D eigenvalue weighted by Crippen LogP contribution is -2.37. The second kappa shape index (κ2) is 8.29. The number of carbonyl (C=O) groups excluding carboxylic acids is 1. The third-order valence-corrected chi connectivity index (χ3v) is 3.25. The van der Waals surface area contributed by atoms with Crippen LogP contribution in [0.3, 0.4) is 0 Å². The van der Waals surface area contributed by atoms with Gasteiger partial charge in [0.1, 0.15) is 11.6 Å². The summed E-state index contributed by atoms with van der Waals surface area (Å²) in [5.74, 6) is -0.299. The Morgan fingerprint density at radius 3 is 2.57 bits per heavy atom. The van der Waals surface area contributed by atoms with E-state index in [1.165, 1.54) is 12.1 Å². The van der Waals surface area contributed by atoms with Crippen LogP contribution in [0.5, 0.6) is 5.75 Å². The summed E-state index contributed by atoms with van der Waals surface area (Å²) >= 11 is 0. The molecule has 0 aliphatic carbocycles. The molecule has 0 radical (unpaired) electrons. The Balaban J connectivity index is 1.95. The van der Waals surface area contributed by atoms with Gasteiger partial charge in [0.2, 0.25) is 0 Å². The first-order valence-corrected chi connectivity index (χ1v) is 7.42. The molecule has 23 heavy (non-hydrogen) atoms. The summed E-state index contributed by atoms with van der Waals surface area (Å²) in [5, 5.41) is 2.95. The first-order valence-electron chi connectivity index (χ1n) is 7.42. The van der Waals surface area contributed by atoms with E-state index < -0.39 is 5.82 Å². The van der Waals surface area contributed by atoms with Crippen LogP contribution >= 0.6 is 0 Å². The van der Waals surface area contributed by atoms with Gasteiger partial charge in [0.05, 0.1) is 6.04 Å². The number of nitrogens with zero attached hydrogens (tertiary/aromatic N) is 1. The molecular formula is C18H21FN2O2. The van der Waals surface area contributed by atoms with Gasteiger partial charge in [-0.25, -0.2) is 4.39 Å². The van der Waals surface area contributed by atoms with Gasteiger partial charge in [-0.1, -0.05) is 36.4 Å². The predicted octanol–water partition coefficient (Wildman–Crippen LogP) is 2.62. The topological polar surface area (TPSA) is 41.6 Å². The summed E-state index contributed by atoms with van der Waals surface area (Å²) in [5.41, 5.74) is 1.03. The molecule has 1 N–H and O–H groups in total. The maximum atomic E-state index is 13.1. The summed E-state index contributed by atoms with van der Waals surface area (Å²) in [6.45, 7) is 0.524. The molecule has 0 unspecified atom stereocenters. The molecule has 5 heteroatoms. The summed E-state index contributed by atoms with van der Waals surface area (Å²) in [4.78, 5) is 14.1. The summed E-state index contributed by atoms with van der Waals surface area (Å²) < 4.78 is 18.4. The zero-order valence-electron chi connectivity index (χ0n) is 13.3. The van der Waals surface area contributed by atoms with Crippen molar-refractivity contribution in [2.45, 2.75) is 6.04 Å². The minimum atomic E-state index is -0.391. The number of amides is 1. The van der Waals surface area contributed by atoms with Gasteiger partial charge in [0, 0.05) is 12.6 Å². The van der Waals surface area contributed by atoms with E-state index in [0.717, 1.165) is 5.56 Å². The van der Waals surface area contributed by atoms with Crippen LogP contribution in [0.25, 0.3) is 0 Å². The Hall–Kier alpha value is -2.40. The molecule has 0 bridgehead atoms. The first kappa shape index (κ1) is 17.0. The average molecular weight is 316 g/mol. The highest BCUT2D eigenvalue weighted by Crippen LogP contribution is 2.14. The fraction of sp³-hybridized carbons (Fsp3) is 0.278. The van der Waals surface area contributed by atoms with Gasteiger partial charge in [-0.05, 0) is 31.8 Å². The monoisotopic (exact) mass is 316 g/mol. The molecule has 0 saturated heterocycles. The number of likely N-dealkylation sites (N-methyl/N-ethyl adjacent to an activating group) is 1. The number of carbonyl (C=O) groups is 1. The molecule has 0 aliphatic rings. The fourth-order valence-electron chi connectivity index (χ4n) is 2.23. The highest BCUT2D eigenvalue weighted by atomic mass is 19.1. The van der Waals surface area contributed by atoms with Crippen molar-refractivity contribution in [3.63, 3.8) is 0 Å². The van der Waals surface area contributed by atoms with Crippen LogP contribution in [0.1, 0.15) is 11.6 Å². The van der Waals surface area contributed by atoms with Gasteiger partial charge in [-0.15, -0.1) is 0 Å². The molecule has 0 spiro atoms. The van der Waals surface area contributed by atoms with Crippen LogP contribution in [0.15, 0.2) is 54.6 Å². The summed E-state index contributed by atoms with van der Waals surface area (Å²) in [6, 6.07) is 15.4. The Morgan fingerprint density at radius 1 is 1.17 bits per heavy atom. The second-order valence-electron chi connectivity index (χ2n) is 5.54. The highest BCUT2D eigenvalue weighted by Gasteiger charge is 2.15. The lowest BCUT2D eigenvalue weighted by molar-refractivity contribution is -0.124. The molecule has 2 rings (SSSR count). The first-order chi connectivity index (χ1) is 11.0. The van der Waals surface area contributed by atoms with Crippen molar-refractivity contribution in [3.8, 4) is 5.75 Å². The maximum Gasteiger partial charge on any atom is 0.258 e. The minimum absolute atomic E-state index is 0.130. The quantitative estimate of drug-likeness (QED) is 0.854. The van der Waals surface area contributed by atoms with Gasteiger partial charge in [0.25, 0.3) is 5.91 Å². The van der Waals surface area contributed by atoms with Crippen LogP contribution in [-0.4, -0.2) is 38.1 Å². The number of ether oxygens (including phenoxy) is 1. The van der Waals surface area contributed by atoms with Crippen molar-refractivity contribution in [3.05, 3.63) is 66.0 Å². The normalized spacial score (nSPS) is 12.0. The number of hydrogen-bond acceptors (Lipinski definition) is 3. The van der Waals surface area contributed by atoms with E-state index in [1.54, 1.807) is 12.1 Å². The van der Waals surface area contributed by atoms with Crippen molar-refractivity contribution >= 4 is 5.91 Å². The molecule has 0 aromatic heterocycles.